The molecule has 1 aliphatic rings. The Morgan fingerprint density at radius 3 is 2.39 bits per heavy atom. The van der Waals surface area contributed by atoms with Crippen molar-refractivity contribution in [2.45, 2.75) is 96.4 Å². The highest BCUT2D eigenvalue weighted by molar-refractivity contribution is 6.30. The third-order valence-corrected chi connectivity index (χ3v) is 6.97. The molecule has 2 aromatic rings. The number of nitrogens with zero attached hydrogens (tertiary/aromatic N) is 3. The molecule has 0 bridgehead atoms. The smallest absolute Gasteiger partial charge is 0.334 e. The lowest BCUT2D eigenvalue weighted by atomic mass is 10.1. The summed E-state index contributed by atoms with van der Waals surface area (Å²) < 4.78 is 5.61. The van der Waals surface area contributed by atoms with Gasteiger partial charge in [-0.1, -0.05) is 52.9 Å². The van der Waals surface area contributed by atoms with E-state index in [0.717, 1.165) is 24.0 Å². The van der Waals surface area contributed by atoms with Gasteiger partial charge in [0.25, 0.3) is 0 Å². The van der Waals surface area contributed by atoms with Crippen molar-refractivity contribution in [3.63, 3.8) is 0 Å². The van der Waals surface area contributed by atoms with Crippen molar-refractivity contribution in [2.75, 3.05) is 6.54 Å². The predicted octanol–water partition coefficient (Wildman–Crippen LogP) is 6.60. The van der Waals surface area contributed by atoms with E-state index in [0.29, 0.717) is 36.9 Å². The second-order valence-electron chi connectivity index (χ2n) is 10.2. The van der Waals surface area contributed by atoms with Gasteiger partial charge in [0.15, 0.2) is 5.82 Å². The molecule has 1 saturated heterocycles. The minimum Gasteiger partial charge on any atom is -0.425 e. The van der Waals surface area contributed by atoms with Crippen LogP contribution in [0.25, 0.3) is 11.4 Å². The van der Waals surface area contributed by atoms with Gasteiger partial charge in [0.1, 0.15) is 17.2 Å². The number of benzene rings is 1. The molecule has 2 heterocycles. The highest BCUT2D eigenvalue weighted by Crippen LogP contribution is 2.25. The van der Waals surface area contributed by atoms with E-state index in [-0.39, 0.29) is 5.91 Å². The monoisotopic (exact) mass is 513 g/mol. The van der Waals surface area contributed by atoms with Gasteiger partial charge in [-0.05, 0) is 67.9 Å². The fraction of sp³-hybridized carbons (Fsp3) is 0.586. The number of carbonyl (C=O) groups excluding carboxylic acids is 2. The molecule has 1 unspecified atom stereocenters. The van der Waals surface area contributed by atoms with Crippen molar-refractivity contribution < 1.29 is 14.3 Å². The number of aromatic nitrogens is 2. The van der Waals surface area contributed by atoms with Crippen molar-refractivity contribution in [1.82, 2.24) is 14.9 Å². The molecule has 196 valence electrons. The molecule has 2 atom stereocenters. The van der Waals surface area contributed by atoms with Crippen LogP contribution in [0.3, 0.4) is 0 Å². The Morgan fingerprint density at radius 2 is 1.72 bits per heavy atom. The number of carbonyl (C=O) groups is 2. The van der Waals surface area contributed by atoms with Crippen LogP contribution in [0.2, 0.25) is 0 Å². The number of aryl methyl sites for hydroxylation is 1. The maximum Gasteiger partial charge on any atom is 0.334 e. The quantitative estimate of drug-likeness (QED) is 0.131. The highest BCUT2D eigenvalue weighted by atomic mass is 35.5. The number of rotatable bonds is 13. The minimum absolute atomic E-state index is 0.183. The number of likely N-dealkylation sites (tertiary alicyclic amines) is 1. The van der Waals surface area contributed by atoms with Crippen molar-refractivity contribution in [3.8, 4) is 17.1 Å². The summed E-state index contributed by atoms with van der Waals surface area (Å²) in [6.45, 7) is 6.82. The standard InChI is InChI=1S/C29H40ClN3O3/c1-4-5-6-7-8-9-11-22-19-31-27(32-20-22)23-13-15-24(16-14-23)36-29(35)26-12-10-17-33(26)28(34)25(30)18-21(2)3/h13-16,19-21,25-26H,4-12,17-18H2,1-3H3/t25?,26-/m0/s1. The van der Waals surface area contributed by atoms with Crippen LogP contribution in [0.4, 0.5) is 0 Å². The summed E-state index contributed by atoms with van der Waals surface area (Å²) in [6.07, 6.45) is 14.4. The lowest BCUT2D eigenvalue weighted by Crippen LogP contribution is -2.45. The van der Waals surface area contributed by atoms with Crippen LogP contribution in [0, 0.1) is 5.92 Å². The first-order valence-corrected chi connectivity index (χ1v) is 13.9. The van der Waals surface area contributed by atoms with Crippen LogP contribution >= 0.6 is 11.6 Å². The van der Waals surface area contributed by atoms with Crippen molar-refractivity contribution in [1.29, 1.82) is 0 Å². The van der Waals surface area contributed by atoms with E-state index in [1.165, 1.54) is 38.5 Å². The Bertz CT molecular complexity index is 963. The van der Waals surface area contributed by atoms with E-state index in [4.69, 9.17) is 16.3 Å². The number of esters is 1. The van der Waals surface area contributed by atoms with Crippen LogP contribution in [-0.2, 0) is 16.0 Å². The molecule has 7 heteroatoms. The van der Waals surface area contributed by atoms with Gasteiger partial charge < -0.3 is 9.64 Å². The van der Waals surface area contributed by atoms with Crippen LogP contribution < -0.4 is 4.74 Å². The Morgan fingerprint density at radius 1 is 1.06 bits per heavy atom. The van der Waals surface area contributed by atoms with Crippen molar-refractivity contribution >= 4 is 23.5 Å². The number of hydrogen-bond donors (Lipinski definition) is 0. The maximum atomic E-state index is 12.8. The molecule has 0 spiro atoms. The fourth-order valence-electron chi connectivity index (χ4n) is 4.57. The molecule has 1 aromatic carbocycles. The maximum absolute atomic E-state index is 12.8. The largest absolute Gasteiger partial charge is 0.425 e. The summed E-state index contributed by atoms with van der Waals surface area (Å²) in [7, 11) is 0. The molecule has 1 fully saturated rings. The molecule has 0 radical (unpaired) electrons. The molecule has 0 saturated carbocycles. The summed E-state index contributed by atoms with van der Waals surface area (Å²) in [6, 6.07) is 6.59. The third kappa shape index (κ3) is 8.29. The second-order valence-corrected chi connectivity index (χ2v) is 10.7. The van der Waals surface area contributed by atoms with E-state index in [2.05, 4.69) is 16.9 Å². The molecular weight excluding hydrogens is 474 g/mol. The first-order valence-electron chi connectivity index (χ1n) is 13.5. The molecule has 0 N–H and O–H groups in total. The van der Waals surface area contributed by atoms with Gasteiger partial charge in [-0.25, -0.2) is 14.8 Å². The molecule has 3 rings (SSSR count). The molecule has 36 heavy (non-hydrogen) atoms. The van der Waals surface area contributed by atoms with Gasteiger partial charge in [0.05, 0.1) is 0 Å². The Hall–Kier alpha value is -2.47. The average Bonchev–Trinajstić information content (AvgIpc) is 3.36. The minimum atomic E-state index is -0.616. The fourth-order valence-corrected chi connectivity index (χ4v) is 5.05. The molecule has 1 aromatic heterocycles. The zero-order valence-corrected chi connectivity index (χ0v) is 22.7. The van der Waals surface area contributed by atoms with Crippen LogP contribution in [0.1, 0.15) is 84.1 Å². The molecule has 1 amide bonds. The second kappa shape index (κ2) is 14.3. The number of halogens is 1. The first-order chi connectivity index (χ1) is 17.4. The van der Waals surface area contributed by atoms with Crippen molar-refractivity contribution in [3.05, 3.63) is 42.2 Å². The Balaban J connectivity index is 1.51. The van der Waals surface area contributed by atoms with Crippen LogP contribution in [0.5, 0.6) is 5.75 Å². The van der Waals surface area contributed by atoms with Crippen molar-refractivity contribution in [2.24, 2.45) is 5.92 Å². The number of hydrogen-bond acceptors (Lipinski definition) is 5. The van der Waals surface area contributed by atoms with E-state index < -0.39 is 17.4 Å². The average molecular weight is 514 g/mol. The van der Waals surface area contributed by atoms with Gasteiger partial charge in [0.2, 0.25) is 5.91 Å². The number of amides is 1. The zero-order valence-electron chi connectivity index (χ0n) is 21.9. The van der Waals surface area contributed by atoms with Gasteiger partial charge in [-0.3, -0.25) is 4.79 Å². The van der Waals surface area contributed by atoms with Gasteiger partial charge in [-0.2, -0.15) is 0 Å². The summed E-state index contributed by atoms with van der Waals surface area (Å²) in [5, 5.41) is -0.616. The SMILES string of the molecule is CCCCCCCCc1cnc(-c2ccc(OC(=O)[C@@H]3CCCN3C(=O)C(Cl)CC(C)C)cc2)nc1. The van der Waals surface area contributed by atoms with E-state index >= 15 is 0 Å². The molecule has 6 nitrogen and oxygen atoms in total. The zero-order chi connectivity index (χ0) is 25.9. The van der Waals surface area contributed by atoms with Crippen LogP contribution in [-0.4, -0.2) is 44.7 Å². The summed E-state index contributed by atoms with van der Waals surface area (Å²) in [5.74, 6) is 0.788. The lowest BCUT2D eigenvalue weighted by molar-refractivity contribution is -0.146. The van der Waals surface area contributed by atoms with Gasteiger partial charge >= 0.3 is 5.97 Å². The highest BCUT2D eigenvalue weighted by Gasteiger charge is 2.37. The summed E-state index contributed by atoms with van der Waals surface area (Å²) >= 11 is 6.31. The van der Waals surface area contributed by atoms with E-state index in [9.17, 15) is 9.59 Å². The van der Waals surface area contributed by atoms with E-state index in [1.54, 1.807) is 17.0 Å². The molecular formula is C29H40ClN3O3. The molecule has 1 aliphatic heterocycles. The lowest BCUT2D eigenvalue weighted by Gasteiger charge is -2.25. The van der Waals surface area contributed by atoms with E-state index in [1.807, 2.05) is 38.4 Å². The predicted molar refractivity (Wildman–Crippen MR) is 144 cm³/mol. The van der Waals surface area contributed by atoms with Gasteiger partial charge in [0, 0.05) is 24.5 Å². The Labute approximate surface area is 220 Å². The topological polar surface area (TPSA) is 72.4 Å². The summed E-state index contributed by atoms with van der Waals surface area (Å²) in [5.41, 5.74) is 2.01. The number of alkyl halides is 1. The molecule has 0 aliphatic carbocycles. The first kappa shape index (κ1) is 28.1. The number of unbranched alkanes of at least 4 members (excludes halogenated alkanes) is 5. The normalized spacial score (nSPS) is 16.4. The van der Waals surface area contributed by atoms with Gasteiger partial charge in [-0.15, -0.1) is 11.6 Å². The third-order valence-electron chi connectivity index (χ3n) is 6.61. The number of ether oxygens (including phenoxy) is 1. The van der Waals surface area contributed by atoms with Crippen LogP contribution in [0.15, 0.2) is 36.7 Å². The summed E-state index contributed by atoms with van der Waals surface area (Å²) in [4.78, 5) is 36.2. The Kier molecular flexibility index (Phi) is 11.2.